The quantitative estimate of drug-likeness (QED) is 0.0690. The van der Waals surface area contributed by atoms with E-state index in [0.717, 1.165) is 113 Å². The summed E-state index contributed by atoms with van der Waals surface area (Å²) >= 11 is 0. The molecule has 580 valence electrons. The lowest BCUT2D eigenvalue weighted by Crippen LogP contribution is -2.42. The molecule has 10 unspecified atom stereocenters. The van der Waals surface area contributed by atoms with E-state index in [9.17, 15) is 0 Å². The zero-order chi connectivity index (χ0) is 72.8. The third-order valence-corrected chi connectivity index (χ3v) is 25.8. The second kappa shape index (κ2) is 46.1. The average Bonchev–Trinajstić information content (AvgIpc) is 1.80. The highest BCUT2D eigenvalue weighted by Crippen LogP contribution is 2.37. The van der Waals surface area contributed by atoms with E-state index in [1.165, 1.54) is 291 Å². The highest BCUT2D eigenvalue weighted by Gasteiger charge is 2.32. The molecule has 12 N–H and O–H groups in total. The number of piperidine rings is 5. The Bertz CT molecular complexity index is 3230. The lowest BCUT2D eigenvalue weighted by molar-refractivity contribution is 0.185. The third-order valence-electron chi connectivity index (χ3n) is 25.8. The number of rotatable bonds is 0. The van der Waals surface area contributed by atoms with Gasteiger partial charge in [-0.1, -0.05) is 142 Å². The minimum absolute atomic E-state index is 0.905. The van der Waals surface area contributed by atoms with Gasteiger partial charge < -0.3 is 57.5 Å². The summed E-state index contributed by atoms with van der Waals surface area (Å²) in [7, 11) is 0. The van der Waals surface area contributed by atoms with Crippen molar-refractivity contribution < 1.29 is 0 Å². The van der Waals surface area contributed by atoms with E-state index in [1.807, 2.05) is 73.1 Å². The van der Waals surface area contributed by atoms with Crippen LogP contribution in [0.4, 0.5) is 5.69 Å². The molecule has 6 aliphatic carbocycles. The highest BCUT2D eigenvalue weighted by molar-refractivity contribution is 5.79. The molecule has 9 aliphatic heterocycles. The standard InChI is InChI=1S/C9H17N.C9H11N.C9H17N.C9H11N.3C8H15N.C8H7N.2C7H6N2.C7H13N.C3H4N2/c2*1-2-6-9-8(4-1)5-3-7-10-9;2*1-2-4-9-7-10-6-5-8(9)3-1;1-3-7-4-2-6-9-8(7)5-1;1-2-8-4-3-7(1)5-9-6-8;1-2-7-4-5-9-6-8(7)3-1;1-2-4-8-7(3-1)5-6-9-8;1-2-4-7-6(3-1)8-5-9-7;1-2-4-7-6(3-1)5-8-9-7;1-2-7-3-6(1)4-8-5-7;1-2-5-3-4-1/h8-10H,1-7H2;1-2,4,6,10H,3,5,7H2;8-10H,1-7H2;1-4,10H,5-7H2;3*7-9H,1-6H2;1-6,9H;2*1-5H,(H,8,9);6-8H,1-5H2;1-3H,(H,4,5). The van der Waals surface area contributed by atoms with Gasteiger partial charge in [-0.05, 0) is 331 Å². The molecule has 15 nitrogen and oxygen atoms in total. The van der Waals surface area contributed by atoms with E-state index in [2.05, 4.69) is 144 Å². The van der Waals surface area contributed by atoms with Crippen molar-refractivity contribution in [2.75, 3.05) is 83.9 Å². The Kier molecular flexibility index (Phi) is 34.4. The Morgan fingerprint density at radius 2 is 0.888 bits per heavy atom. The summed E-state index contributed by atoms with van der Waals surface area (Å²) in [6.45, 7) is 16.3. The van der Waals surface area contributed by atoms with Gasteiger partial charge in [-0.2, -0.15) is 5.10 Å². The van der Waals surface area contributed by atoms with Crippen molar-refractivity contribution in [1.29, 1.82) is 0 Å². The zero-order valence-electron chi connectivity index (χ0n) is 65.3. The number of H-pyrrole nitrogens is 4. The maximum absolute atomic E-state index is 4.06. The van der Waals surface area contributed by atoms with Crippen LogP contribution in [0.1, 0.15) is 196 Å². The summed E-state index contributed by atoms with van der Waals surface area (Å²) in [6, 6.07) is 45.2. The molecular weight excluding hydrogens is 1320 g/mol. The Morgan fingerprint density at radius 1 is 0.336 bits per heavy atom. The van der Waals surface area contributed by atoms with Crippen molar-refractivity contribution in [1.82, 2.24) is 72.3 Å². The van der Waals surface area contributed by atoms with Crippen LogP contribution in [0.3, 0.4) is 0 Å². The number of para-hydroxylation sites is 5. The first-order valence-corrected chi connectivity index (χ1v) is 43.2. The van der Waals surface area contributed by atoms with E-state index in [0.29, 0.717) is 0 Å². The Morgan fingerprint density at radius 3 is 1.51 bits per heavy atom. The van der Waals surface area contributed by atoms with Crippen molar-refractivity contribution in [3.05, 3.63) is 182 Å². The molecule has 5 aromatic carbocycles. The van der Waals surface area contributed by atoms with Gasteiger partial charge in [0.2, 0.25) is 0 Å². The van der Waals surface area contributed by atoms with Crippen LogP contribution < -0.4 is 42.5 Å². The Labute approximate surface area is 643 Å². The van der Waals surface area contributed by atoms with Gasteiger partial charge in [-0.25, -0.2) is 9.97 Å². The fraction of sp³-hybridized carbons (Fsp3) is 0.598. The molecular formula is C92H137N15. The molecule has 4 aromatic heterocycles. The minimum atomic E-state index is 0.905. The van der Waals surface area contributed by atoms with Crippen molar-refractivity contribution in [3.63, 3.8) is 0 Å². The summed E-state index contributed by atoms with van der Waals surface area (Å²) in [5, 5.41) is 37.0. The van der Waals surface area contributed by atoms with E-state index in [4.69, 9.17) is 0 Å². The molecule has 10 atom stereocenters. The number of hydrogen-bond donors (Lipinski definition) is 12. The van der Waals surface area contributed by atoms with Crippen molar-refractivity contribution >= 4 is 38.5 Å². The summed E-state index contributed by atoms with van der Waals surface area (Å²) in [5.74, 6) is 10.6. The molecule has 13 fully saturated rings. The number of aromatic amines is 4. The molecule has 107 heavy (non-hydrogen) atoms. The van der Waals surface area contributed by atoms with Crippen molar-refractivity contribution in [2.45, 2.75) is 211 Å². The summed E-state index contributed by atoms with van der Waals surface area (Å²) < 4.78 is 0. The van der Waals surface area contributed by atoms with Gasteiger partial charge in [-0.15, -0.1) is 0 Å². The zero-order valence-corrected chi connectivity index (χ0v) is 65.3. The molecule has 0 amide bonds. The smallest absolute Gasteiger partial charge is 0.0931 e. The molecule has 0 radical (unpaired) electrons. The molecule has 15 aliphatic rings. The Balaban J connectivity index is 0.000000109. The lowest BCUT2D eigenvalue weighted by Gasteiger charge is -2.36. The third kappa shape index (κ3) is 27.1. The van der Waals surface area contributed by atoms with Crippen molar-refractivity contribution in [2.24, 2.45) is 59.2 Å². The van der Waals surface area contributed by atoms with Crippen LogP contribution in [-0.4, -0.2) is 126 Å². The number of aryl methyl sites for hydroxylation is 1. The monoisotopic (exact) mass is 1450 g/mol. The predicted molar refractivity (Wildman–Crippen MR) is 449 cm³/mol. The fourth-order valence-electron chi connectivity index (χ4n) is 19.6. The first-order chi connectivity index (χ1) is 53.1. The molecule has 6 saturated carbocycles. The van der Waals surface area contributed by atoms with Crippen LogP contribution in [0.2, 0.25) is 0 Å². The molecule has 9 aromatic rings. The van der Waals surface area contributed by atoms with Gasteiger partial charge in [0.05, 0.1) is 35.4 Å². The average molecular weight is 1450 g/mol. The Hall–Kier alpha value is -6.69. The topological polar surface area (TPSA) is 198 Å². The minimum Gasteiger partial charge on any atom is -0.385 e. The summed E-state index contributed by atoms with van der Waals surface area (Å²) in [6.07, 6.45) is 54.3. The predicted octanol–water partition coefficient (Wildman–Crippen LogP) is 18.1. The molecule has 13 heterocycles. The van der Waals surface area contributed by atoms with E-state index in [1.54, 1.807) is 25.0 Å². The van der Waals surface area contributed by atoms with Crippen LogP contribution in [0, 0.1) is 59.2 Å². The lowest BCUT2D eigenvalue weighted by atomic mass is 9.76. The number of benzene rings is 5. The van der Waals surface area contributed by atoms with E-state index in [-0.39, 0.29) is 0 Å². The van der Waals surface area contributed by atoms with Crippen LogP contribution >= 0.6 is 0 Å². The number of aromatic nitrogens is 7. The van der Waals surface area contributed by atoms with Crippen molar-refractivity contribution in [3.8, 4) is 0 Å². The van der Waals surface area contributed by atoms with E-state index < -0.39 is 0 Å². The maximum Gasteiger partial charge on any atom is 0.0931 e. The second-order valence-corrected chi connectivity index (χ2v) is 33.2. The summed E-state index contributed by atoms with van der Waals surface area (Å²) in [4.78, 5) is 16.6. The molecule has 0 spiro atoms. The number of imidazole rings is 2. The molecule has 7 saturated heterocycles. The first-order valence-electron chi connectivity index (χ1n) is 43.2. The van der Waals surface area contributed by atoms with Gasteiger partial charge in [0.15, 0.2) is 0 Å². The number of nitrogens with zero attached hydrogens (tertiary/aromatic N) is 3. The van der Waals surface area contributed by atoms with Crippen LogP contribution in [0.25, 0.3) is 32.8 Å². The van der Waals surface area contributed by atoms with Crippen LogP contribution in [0.5, 0.6) is 0 Å². The van der Waals surface area contributed by atoms with Crippen LogP contribution in [0.15, 0.2) is 165 Å². The number of anilines is 1. The SMILES string of the molecule is C1CC2CCC1CNC2.C1CC2CCNCC2C1.C1CC2CNCC1C2.C1CCC2CNCCC2C1.C1CCC2NCCCC2C1.C1CNC2CCCC2C1.c1c[nH]cn1.c1ccc2[nH]ccc2c1.c1ccc2[nH]cnc2c1.c1ccc2[nH]ncc2c1.c1ccc2c(c1)CCCN2.c1ccc2c(c1)CCNC2. The normalized spacial score (nSPS) is 27.7. The first kappa shape index (κ1) is 79.8. The van der Waals surface area contributed by atoms with Gasteiger partial charge in [0, 0.05) is 60.4 Å². The van der Waals surface area contributed by atoms with Gasteiger partial charge in [0.1, 0.15) is 0 Å². The number of fused-ring (bicyclic) bond motifs is 15. The maximum atomic E-state index is 4.06. The fourth-order valence-corrected chi connectivity index (χ4v) is 19.6. The van der Waals surface area contributed by atoms with Gasteiger partial charge in [0.25, 0.3) is 0 Å². The van der Waals surface area contributed by atoms with Gasteiger partial charge >= 0.3 is 0 Å². The van der Waals surface area contributed by atoms with Crippen LogP contribution in [-0.2, 0) is 19.4 Å². The molecule has 4 bridgehead atoms. The highest BCUT2D eigenvalue weighted by atomic mass is 15.1. The number of nitrogens with one attached hydrogen (secondary N) is 12. The van der Waals surface area contributed by atoms with Gasteiger partial charge in [-0.3, -0.25) is 5.10 Å². The largest absolute Gasteiger partial charge is 0.385 e. The number of hydrogen-bond acceptors (Lipinski definition) is 11. The van der Waals surface area contributed by atoms with E-state index >= 15 is 0 Å². The molecule has 24 rings (SSSR count). The molecule has 15 heteroatoms. The summed E-state index contributed by atoms with van der Waals surface area (Å²) in [5.41, 5.74) is 10.2. The second-order valence-electron chi connectivity index (χ2n) is 33.2.